The third-order valence-electron chi connectivity index (χ3n) is 3.77. The molecule has 0 aliphatic carbocycles. The first-order valence-electron chi connectivity index (χ1n) is 7.27. The average molecular weight is 313 g/mol. The zero-order valence-electron chi connectivity index (χ0n) is 12.7. The van der Waals surface area contributed by atoms with Gasteiger partial charge in [0.25, 0.3) is 0 Å². The molecule has 1 saturated heterocycles. The van der Waals surface area contributed by atoms with Crippen molar-refractivity contribution < 1.29 is 9.13 Å². The zero-order valence-corrected chi connectivity index (χ0v) is 12.7. The Balaban J connectivity index is 1.71. The van der Waals surface area contributed by atoms with Gasteiger partial charge in [0, 0.05) is 44.1 Å². The van der Waals surface area contributed by atoms with Gasteiger partial charge in [-0.25, -0.2) is 9.37 Å². The first kappa shape index (κ1) is 15.0. The molecule has 0 unspecified atom stereocenters. The van der Waals surface area contributed by atoms with Gasteiger partial charge in [-0.1, -0.05) is 0 Å². The van der Waals surface area contributed by atoms with E-state index in [2.05, 4.69) is 19.8 Å². The molecule has 3 rings (SSSR count). The molecule has 6 nitrogen and oxygen atoms in total. The molecule has 0 radical (unpaired) electrons. The van der Waals surface area contributed by atoms with E-state index in [0.29, 0.717) is 43.6 Å². The van der Waals surface area contributed by atoms with Gasteiger partial charge in [-0.3, -0.25) is 0 Å². The lowest BCUT2D eigenvalue weighted by atomic mass is 10.2. The Hall–Kier alpha value is -2.88. The van der Waals surface area contributed by atoms with E-state index in [1.807, 2.05) is 6.07 Å². The summed E-state index contributed by atoms with van der Waals surface area (Å²) in [5, 5.41) is 8.95. The molecule has 23 heavy (non-hydrogen) atoms. The molecule has 1 fully saturated rings. The Labute approximate surface area is 133 Å². The fourth-order valence-corrected chi connectivity index (χ4v) is 2.58. The van der Waals surface area contributed by atoms with Crippen molar-refractivity contribution in [3.05, 3.63) is 41.8 Å². The van der Waals surface area contributed by atoms with Gasteiger partial charge in [0.2, 0.25) is 11.8 Å². The number of hydrogen-bond donors (Lipinski definition) is 0. The van der Waals surface area contributed by atoms with Gasteiger partial charge in [0.15, 0.2) is 0 Å². The first-order chi connectivity index (χ1) is 11.2. The zero-order chi connectivity index (χ0) is 16.2. The summed E-state index contributed by atoms with van der Waals surface area (Å²) in [7, 11) is 1.57. The van der Waals surface area contributed by atoms with E-state index in [4.69, 9.17) is 10.00 Å². The number of anilines is 2. The standard InChI is InChI=1S/C16H16FN5O/c1-23-15-2-3-19-16(20-15)22-6-4-21(5-7-22)14-9-12(11-18)8-13(17)10-14/h2-3,8-10H,4-7H2,1H3. The molecule has 1 aliphatic rings. The van der Waals surface area contributed by atoms with Crippen molar-refractivity contribution in [3.63, 3.8) is 0 Å². The topological polar surface area (TPSA) is 65.3 Å². The molecular formula is C16H16FN5O. The number of aromatic nitrogens is 2. The largest absolute Gasteiger partial charge is 0.481 e. The van der Waals surface area contributed by atoms with Crippen molar-refractivity contribution in [2.75, 3.05) is 43.1 Å². The number of benzene rings is 1. The highest BCUT2D eigenvalue weighted by atomic mass is 19.1. The minimum absolute atomic E-state index is 0.332. The second-order valence-electron chi connectivity index (χ2n) is 5.18. The van der Waals surface area contributed by atoms with Crippen LogP contribution in [-0.4, -0.2) is 43.3 Å². The monoisotopic (exact) mass is 313 g/mol. The molecule has 7 heteroatoms. The van der Waals surface area contributed by atoms with Gasteiger partial charge in [-0.2, -0.15) is 10.2 Å². The molecule has 0 amide bonds. The SMILES string of the molecule is COc1ccnc(N2CCN(c3cc(F)cc(C#N)c3)CC2)n1. The Morgan fingerprint density at radius 1 is 1.17 bits per heavy atom. The molecule has 0 N–H and O–H groups in total. The molecule has 1 aromatic carbocycles. The lowest BCUT2D eigenvalue weighted by molar-refractivity contribution is 0.396. The molecule has 0 saturated carbocycles. The van der Waals surface area contributed by atoms with Crippen molar-refractivity contribution >= 4 is 11.6 Å². The lowest BCUT2D eigenvalue weighted by Crippen LogP contribution is -2.47. The predicted molar refractivity (Wildman–Crippen MR) is 84.1 cm³/mol. The summed E-state index contributed by atoms with van der Waals surface area (Å²) >= 11 is 0. The van der Waals surface area contributed by atoms with Crippen LogP contribution >= 0.6 is 0 Å². The second kappa shape index (κ2) is 6.48. The van der Waals surface area contributed by atoms with Crippen LogP contribution in [0.3, 0.4) is 0 Å². The summed E-state index contributed by atoms with van der Waals surface area (Å²) in [5.74, 6) is 0.764. The van der Waals surface area contributed by atoms with Crippen LogP contribution in [0.1, 0.15) is 5.56 Å². The Morgan fingerprint density at radius 3 is 2.61 bits per heavy atom. The maximum Gasteiger partial charge on any atom is 0.228 e. The van der Waals surface area contributed by atoms with E-state index in [0.717, 1.165) is 5.69 Å². The Bertz CT molecular complexity index is 737. The lowest BCUT2D eigenvalue weighted by Gasteiger charge is -2.36. The molecule has 118 valence electrons. The highest BCUT2D eigenvalue weighted by molar-refractivity contribution is 5.53. The second-order valence-corrected chi connectivity index (χ2v) is 5.18. The summed E-state index contributed by atoms with van der Waals surface area (Å²) in [6.45, 7) is 2.83. The number of ether oxygens (including phenoxy) is 1. The van der Waals surface area contributed by atoms with Gasteiger partial charge in [0.1, 0.15) is 5.82 Å². The molecule has 2 heterocycles. The molecule has 1 aromatic heterocycles. The van der Waals surface area contributed by atoms with Crippen LogP contribution in [0, 0.1) is 17.1 Å². The van der Waals surface area contributed by atoms with Crippen molar-refractivity contribution in [2.24, 2.45) is 0 Å². The predicted octanol–water partition coefficient (Wildman–Crippen LogP) is 1.82. The molecule has 0 bridgehead atoms. The maximum atomic E-state index is 13.6. The van der Waals surface area contributed by atoms with E-state index in [1.54, 1.807) is 25.4 Å². The van der Waals surface area contributed by atoms with Gasteiger partial charge < -0.3 is 14.5 Å². The van der Waals surface area contributed by atoms with Crippen LogP contribution < -0.4 is 14.5 Å². The normalized spacial score (nSPS) is 14.5. The molecule has 1 aliphatic heterocycles. The summed E-state index contributed by atoms with van der Waals surface area (Å²) in [6.07, 6.45) is 1.67. The summed E-state index contributed by atoms with van der Waals surface area (Å²) in [6, 6.07) is 8.09. The summed E-state index contributed by atoms with van der Waals surface area (Å²) < 4.78 is 18.7. The van der Waals surface area contributed by atoms with Crippen molar-refractivity contribution in [1.82, 2.24) is 9.97 Å². The fraction of sp³-hybridized carbons (Fsp3) is 0.312. The Morgan fingerprint density at radius 2 is 1.91 bits per heavy atom. The highest BCUT2D eigenvalue weighted by Crippen LogP contribution is 2.21. The van der Waals surface area contributed by atoms with E-state index in [9.17, 15) is 4.39 Å². The van der Waals surface area contributed by atoms with E-state index in [1.165, 1.54) is 12.1 Å². The third kappa shape index (κ3) is 3.31. The fourth-order valence-electron chi connectivity index (χ4n) is 2.58. The van der Waals surface area contributed by atoms with Crippen LogP contribution in [0.5, 0.6) is 5.88 Å². The summed E-state index contributed by atoms with van der Waals surface area (Å²) in [4.78, 5) is 12.7. The third-order valence-corrected chi connectivity index (χ3v) is 3.77. The Kier molecular flexibility index (Phi) is 4.24. The van der Waals surface area contributed by atoms with Crippen LogP contribution in [0.4, 0.5) is 16.0 Å². The van der Waals surface area contributed by atoms with Crippen molar-refractivity contribution in [3.8, 4) is 11.9 Å². The first-order valence-corrected chi connectivity index (χ1v) is 7.27. The molecule has 0 spiro atoms. The minimum Gasteiger partial charge on any atom is -0.481 e. The van der Waals surface area contributed by atoms with Gasteiger partial charge in [0.05, 0.1) is 18.7 Å². The number of nitriles is 1. The summed E-state index contributed by atoms with van der Waals surface area (Å²) in [5.41, 5.74) is 1.06. The van der Waals surface area contributed by atoms with E-state index < -0.39 is 5.82 Å². The van der Waals surface area contributed by atoms with E-state index in [-0.39, 0.29) is 0 Å². The van der Waals surface area contributed by atoms with Crippen LogP contribution in [0.15, 0.2) is 30.5 Å². The number of halogens is 1. The van der Waals surface area contributed by atoms with Gasteiger partial charge in [-0.05, 0) is 18.2 Å². The number of piperazine rings is 1. The number of hydrogen-bond acceptors (Lipinski definition) is 6. The van der Waals surface area contributed by atoms with Crippen molar-refractivity contribution in [2.45, 2.75) is 0 Å². The number of rotatable bonds is 3. The maximum absolute atomic E-state index is 13.6. The van der Waals surface area contributed by atoms with Crippen LogP contribution in [0.25, 0.3) is 0 Å². The van der Waals surface area contributed by atoms with Crippen molar-refractivity contribution in [1.29, 1.82) is 5.26 Å². The quantitative estimate of drug-likeness (QED) is 0.861. The number of methoxy groups -OCH3 is 1. The highest BCUT2D eigenvalue weighted by Gasteiger charge is 2.20. The minimum atomic E-state index is -0.391. The average Bonchev–Trinajstić information content (AvgIpc) is 2.61. The van der Waals surface area contributed by atoms with E-state index >= 15 is 0 Å². The number of nitrogens with zero attached hydrogens (tertiary/aromatic N) is 5. The molecule has 2 aromatic rings. The molecule has 0 atom stereocenters. The smallest absolute Gasteiger partial charge is 0.228 e. The van der Waals surface area contributed by atoms with Gasteiger partial charge in [-0.15, -0.1) is 0 Å². The van der Waals surface area contributed by atoms with Crippen LogP contribution in [-0.2, 0) is 0 Å². The van der Waals surface area contributed by atoms with Gasteiger partial charge >= 0.3 is 0 Å². The van der Waals surface area contributed by atoms with Crippen LogP contribution in [0.2, 0.25) is 0 Å². The molecular weight excluding hydrogens is 297 g/mol.